The average Bonchev–Trinajstić information content (AvgIpc) is 3.03. The normalized spacial score (nSPS) is 15.5. The molecule has 1 aliphatic heterocycles. The molecule has 26 heavy (non-hydrogen) atoms. The molecule has 0 spiro atoms. The number of aryl methyl sites for hydroxylation is 1. The number of H-pyrrole nitrogens is 1. The molecule has 2 N–H and O–H groups in total. The maximum absolute atomic E-state index is 12.6. The van der Waals surface area contributed by atoms with E-state index in [1.807, 2.05) is 6.92 Å². The molecule has 1 saturated heterocycles. The Bertz CT molecular complexity index is 1010. The lowest BCUT2D eigenvalue weighted by atomic mass is 9.91. The highest BCUT2D eigenvalue weighted by molar-refractivity contribution is 6.04. The minimum Gasteiger partial charge on any atom is -0.342 e. The van der Waals surface area contributed by atoms with Crippen molar-refractivity contribution in [3.63, 3.8) is 0 Å². The van der Waals surface area contributed by atoms with Gasteiger partial charge in [0.2, 0.25) is 0 Å². The van der Waals surface area contributed by atoms with Gasteiger partial charge in [-0.05, 0) is 26.0 Å². The van der Waals surface area contributed by atoms with Crippen molar-refractivity contribution in [3.8, 4) is 0 Å². The smallest absolute Gasteiger partial charge is 0.274 e. The molecule has 4 heterocycles. The molecule has 9 nitrogen and oxygen atoms in total. The molecule has 4 rings (SSSR count). The Labute approximate surface area is 148 Å². The molecular weight excluding hydrogens is 334 g/mol. The minimum atomic E-state index is -0.511. The van der Waals surface area contributed by atoms with Gasteiger partial charge in [0.15, 0.2) is 5.65 Å². The monoisotopic (exact) mass is 351 g/mol. The van der Waals surface area contributed by atoms with Gasteiger partial charge >= 0.3 is 0 Å². The summed E-state index contributed by atoms with van der Waals surface area (Å²) in [6.45, 7) is 4.45. The van der Waals surface area contributed by atoms with E-state index in [1.54, 1.807) is 36.4 Å². The van der Waals surface area contributed by atoms with Crippen LogP contribution < -0.4 is 5.32 Å². The molecule has 1 fully saturated rings. The van der Waals surface area contributed by atoms with E-state index in [9.17, 15) is 9.59 Å². The second-order valence-corrected chi connectivity index (χ2v) is 6.64. The van der Waals surface area contributed by atoms with Gasteiger partial charge in [-0.25, -0.2) is 9.97 Å². The number of carbonyl (C=O) groups excluding carboxylic acids is 2. The lowest BCUT2D eigenvalue weighted by Gasteiger charge is -2.48. The molecule has 0 aromatic carbocycles. The summed E-state index contributed by atoms with van der Waals surface area (Å²) >= 11 is 0. The lowest BCUT2D eigenvalue weighted by Crippen LogP contribution is -2.69. The molecule has 2 amide bonds. The largest absolute Gasteiger partial charge is 0.342 e. The second-order valence-electron chi connectivity index (χ2n) is 6.64. The van der Waals surface area contributed by atoms with E-state index < -0.39 is 5.54 Å². The van der Waals surface area contributed by atoms with Crippen molar-refractivity contribution in [1.29, 1.82) is 0 Å². The number of aromatic amines is 1. The number of nitrogens with zero attached hydrogens (tertiary/aromatic N) is 5. The first-order chi connectivity index (χ1) is 12.5. The fourth-order valence-electron chi connectivity index (χ4n) is 3.15. The van der Waals surface area contributed by atoms with Crippen LogP contribution >= 0.6 is 0 Å². The number of hydrogen-bond donors (Lipinski definition) is 2. The molecular formula is C17H17N7O2. The number of pyridine rings is 1. The summed E-state index contributed by atoms with van der Waals surface area (Å²) < 4.78 is 0. The maximum Gasteiger partial charge on any atom is 0.274 e. The van der Waals surface area contributed by atoms with Crippen molar-refractivity contribution in [3.05, 3.63) is 47.8 Å². The number of aromatic nitrogens is 5. The Balaban J connectivity index is 1.45. The van der Waals surface area contributed by atoms with E-state index >= 15 is 0 Å². The molecule has 0 unspecified atom stereocenters. The SMILES string of the molecule is Cc1nccnc1C(=O)N1CC(C)(NC(=O)c2[nH]nc3ncccc23)C1. The third kappa shape index (κ3) is 2.67. The zero-order chi connectivity index (χ0) is 18.3. The Kier molecular flexibility index (Phi) is 3.64. The standard InChI is InChI=1S/C17H17N7O2/c1-10-12(19-7-6-18-10)16(26)24-8-17(2,9-24)21-15(25)13-11-4-3-5-20-14(11)23-22-13/h3-7H,8-9H2,1-2H3,(H,21,25)(H,20,22,23). The maximum atomic E-state index is 12.6. The van der Waals surface area contributed by atoms with Gasteiger partial charge in [-0.2, -0.15) is 5.10 Å². The molecule has 9 heteroatoms. The van der Waals surface area contributed by atoms with Crippen LogP contribution in [0, 0.1) is 6.92 Å². The van der Waals surface area contributed by atoms with E-state index in [4.69, 9.17) is 0 Å². The Morgan fingerprint density at radius 1 is 1.19 bits per heavy atom. The molecule has 0 saturated carbocycles. The predicted octanol–water partition coefficient (Wildman–Crippen LogP) is 0.701. The Morgan fingerprint density at radius 2 is 1.96 bits per heavy atom. The average molecular weight is 351 g/mol. The van der Waals surface area contributed by atoms with Crippen LogP contribution in [-0.4, -0.2) is 60.5 Å². The summed E-state index contributed by atoms with van der Waals surface area (Å²) in [5, 5.41) is 10.4. The van der Waals surface area contributed by atoms with Crippen molar-refractivity contribution in [2.45, 2.75) is 19.4 Å². The first kappa shape index (κ1) is 16.1. The van der Waals surface area contributed by atoms with Gasteiger partial charge in [0.1, 0.15) is 11.4 Å². The predicted molar refractivity (Wildman–Crippen MR) is 92.4 cm³/mol. The van der Waals surface area contributed by atoms with E-state index in [2.05, 4.69) is 30.5 Å². The van der Waals surface area contributed by atoms with Crippen molar-refractivity contribution in [1.82, 2.24) is 35.4 Å². The molecule has 1 aliphatic rings. The summed E-state index contributed by atoms with van der Waals surface area (Å²) in [6.07, 6.45) is 4.67. The van der Waals surface area contributed by atoms with Crippen LogP contribution in [0.15, 0.2) is 30.7 Å². The van der Waals surface area contributed by atoms with E-state index in [0.717, 1.165) is 0 Å². The van der Waals surface area contributed by atoms with Crippen LogP contribution in [-0.2, 0) is 0 Å². The van der Waals surface area contributed by atoms with Gasteiger partial charge in [-0.15, -0.1) is 0 Å². The lowest BCUT2D eigenvalue weighted by molar-refractivity contribution is 0.0324. The van der Waals surface area contributed by atoms with Crippen molar-refractivity contribution in [2.75, 3.05) is 13.1 Å². The third-order valence-corrected chi connectivity index (χ3v) is 4.42. The van der Waals surface area contributed by atoms with Crippen LogP contribution in [0.5, 0.6) is 0 Å². The summed E-state index contributed by atoms with van der Waals surface area (Å²) in [7, 11) is 0. The highest BCUT2D eigenvalue weighted by Gasteiger charge is 2.43. The number of nitrogens with one attached hydrogen (secondary N) is 2. The first-order valence-electron chi connectivity index (χ1n) is 8.15. The van der Waals surface area contributed by atoms with Crippen LogP contribution in [0.2, 0.25) is 0 Å². The van der Waals surface area contributed by atoms with Crippen LogP contribution in [0.3, 0.4) is 0 Å². The second kappa shape index (κ2) is 5.87. The van der Waals surface area contributed by atoms with Gasteiger partial charge in [-0.1, -0.05) is 0 Å². The third-order valence-electron chi connectivity index (χ3n) is 4.42. The number of amides is 2. The zero-order valence-corrected chi connectivity index (χ0v) is 14.4. The van der Waals surface area contributed by atoms with E-state index in [1.165, 1.54) is 6.20 Å². The van der Waals surface area contributed by atoms with Crippen LogP contribution in [0.4, 0.5) is 0 Å². The molecule has 3 aromatic heterocycles. The summed E-state index contributed by atoms with van der Waals surface area (Å²) in [5.74, 6) is -0.454. The highest BCUT2D eigenvalue weighted by atomic mass is 16.2. The molecule has 0 radical (unpaired) electrons. The number of carbonyl (C=O) groups is 2. The Hall–Kier alpha value is -3.36. The van der Waals surface area contributed by atoms with Gasteiger partial charge in [0.25, 0.3) is 11.8 Å². The Morgan fingerprint density at radius 3 is 2.73 bits per heavy atom. The quantitative estimate of drug-likeness (QED) is 0.717. The van der Waals surface area contributed by atoms with Crippen molar-refractivity contribution >= 4 is 22.8 Å². The minimum absolute atomic E-state index is 0.182. The first-order valence-corrected chi connectivity index (χ1v) is 8.15. The van der Waals surface area contributed by atoms with E-state index in [-0.39, 0.29) is 11.8 Å². The summed E-state index contributed by atoms with van der Waals surface area (Å²) in [4.78, 5) is 39.0. The number of hydrogen-bond acceptors (Lipinski definition) is 6. The fraction of sp³-hybridized carbons (Fsp3) is 0.294. The number of rotatable bonds is 3. The molecule has 132 valence electrons. The molecule has 0 atom stereocenters. The van der Waals surface area contributed by atoms with Crippen LogP contribution in [0.1, 0.15) is 33.6 Å². The fourth-order valence-corrected chi connectivity index (χ4v) is 3.15. The summed E-state index contributed by atoms with van der Waals surface area (Å²) in [6, 6.07) is 3.54. The van der Waals surface area contributed by atoms with Crippen LogP contribution in [0.25, 0.3) is 11.0 Å². The topological polar surface area (TPSA) is 117 Å². The number of fused-ring (bicyclic) bond motifs is 1. The van der Waals surface area contributed by atoms with Crippen molar-refractivity contribution in [2.24, 2.45) is 0 Å². The molecule has 0 aliphatic carbocycles. The van der Waals surface area contributed by atoms with Gasteiger partial charge in [-0.3, -0.25) is 19.7 Å². The van der Waals surface area contributed by atoms with E-state index in [0.29, 0.717) is 41.2 Å². The van der Waals surface area contributed by atoms with Gasteiger partial charge in [0, 0.05) is 31.7 Å². The summed E-state index contributed by atoms with van der Waals surface area (Å²) in [5.41, 5.74) is 1.27. The molecule has 3 aromatic rings. The van der Waals surface area contributed by atoms with Crippen molar-refractivity contribution < 1.29 is 9.59 Å². The highest BCUT2D eigenvalue weighted by Crippen LogP contribution is 2.24. The van der Waals surface area contributed by atoms with Gasteiger partial charge in [0.05, 0.1) is 16.6 Å². The molecule has 0 bridgehead atoms. The zero-order valence-electron chi connectivity index (χ0n) is 14.4. The number of likely N-dealkylation sites (tertiary alicyclic amines) is 1. The van der Waals surface area contributed by atoms with Gasteiger partial charge < -0.3 is 10.2 Å².